The molecule has 0 bridgehead atoms. The number of hydrogen-bond donors (Lipinski definition) is 2. The van der Waals surface area contributed by atoms with E-state index < -0.39 is 10.0 Å². The Kier molecular flexibility index (Phi) is 8.18. The number of benzene rings is 2. The van der Waals surface area contributed by atoms with Crippen LogP contribution in [0.1, 0.15) is 48.7 Å². The number of rotatable bonds is 10. The molecule has 2 aromatic rings. The Hall–Kier alpha value is -2.22. The van der Waals surface area contributed by atoms with Crippen LogP contribution in [0.4, 0.5) is 0 Å². The third-order valence-electron chi connectivity index (χ3n) is 5.11. The molecule has 0 spiro atoms. The standard InChI is InChI=1S/C23H32N2O4S/c1-17-11-12-20(30(27,28)24-13-14-29-5)15-21(17)22(26)25-18(2)16-23(3,4)19-9-7-6-8-10-19/h6-12,15,18,24H,13-14,16H2,1-5H3,(H,25,26). The summed E-state index contributed by atoms with van der Waals surface area (Å²) in [6.07, 6.45) is 0.748. The molecule has 0 aliphatic rings. The lowest BCUT2D eigenvalue weighted by Crippen LogP contribution is -2.37. The van der Waals surface area contributed by atoms with Crippen LogP contribution < -0.4 is 10.0 Å². The number of nitrogens with one attached hydrogen (secondary N) is 2. The topological polar surface area (TPSA) is 84.5 Å². The van der Waals surface area contributed by atoms with E-state index in [4.69, 9.17) is 4.74 Å². The van der Waals surface area contributed by atoms with Gasteiger partial charge in [-0.3, -0.25) is 4.79 Å². The van der Waals surface area contributed by atoms with Crippen LogP contribution in [-0.4, -0.2) is 40.6 Å². The minimum Gasteiger partial charge on any atom is -0.383 e. The van der Waals surface area contributed by atoms with Crippen molar-refractivity contribution in [2.75, 3.05) is 20.3 Å². The van der Waals surface area contributed by atoms with Crippen molar-refractivity contribution < 1.29 is 17.9 Å². The van der Waals surface area contributed by atoms with Gasteiger partial charge >= 0.3 is 0 Å². The van der Waals surface area contributed by atoms with Crippen molar-refractivity contribution in [3.8, 4) is 0 Å². The summed E-state index contributed by atoms with van der Waals surface area (Å²) in [5, 5.41) is 3.02. The Morgan fingerprint density at radius 1 is 1.13 bits per heavy atom. The van der Waals surface area contributed by atoms with E-state index in [-0.39, 0.29) is 35.4 Å². The molecule has 0 aliphatic heterocycles. The molecule has 6 nitrogen and oxygen atoms in total. The lowest BCUT2D eigenvalue weighted by molar-refractivity contribution is 0.0933. The van der Waals surface area contributed by atoms with E-state index in [1.807, 2.05) is 25.1 Å². The minimum absolute atomic E-state index is 0.0617. The molecule has 0 radical (unpaired) electrons. The fraction of sp³-hybridized carbons (Fsp3) is 0.435. The van der Waals surface area contributed by atoms with E-state index in [2.05, 4.69) is 36.0 Å². The fourth-order valence-electron chi connectivity index (χ4n) is 3.50. The van der Waals surface area contributed by atoms with Gasteiger partial charge in [0.2, 0.25) is 10.0 Å². The highest BCUT2D eigenvalue weighted by atomic mass is 32.2. The first-order valence-corrected chi connectivity index (χ1v) is 11.5. The number of amides is 1. The molecule has 2 N–H and O–H groups in total. The van der Waals surface area contributed by atoms with Crippen LogP contribution >= 0.6 is 0 Å². The first-order valence-electron chi connectivity index (χ1n) is 10.0. The first kappa shape index (κ1) is 24.1. The van der Waals surface area contributed by atoms with Gasteiger partial charge in [-0.05, 0) is 48.9 Å². The highest BCUT2D eigenvalue weighted by molar-refractivity contribution is 7.89. The second-order valence-corrected chi connectivity index (χ2v) is 9.96. The van der Waals surface area contributed by atoms with Crippen molar-refractivity contribution in [2.45, 2.75) is 50.5 Å². The van der Waals surface area contributed by atoms with Gasteiger partial charge in [-0.25, -0.2) is 13.1 Å². The van der Waals surface area contributed by atoms with Gasteiger partial charge in [-0.1, -0.05) is 50.2 Å². The summed E-state index contributed by atoms with van der Waals surface area (Å²) in [4.78, 5) is 13.0. The van der Waals surface area contributed by atoms with Crippen molar-refractivity contribution in [2.24, 2.45) is 0 Å². The van der Waals surface area contributed by atoms with Crippen LogP contribution in [0.2, 0.25) is 0 Å². The number of hydrogen-bond acceptors (Lipinski definition) is 4. The highest BCUT2D eigenvalue weighted by Crippen LogP contribution is 2.28. The first-order chi connectivity index (χ1) is 14.1. The molecule has 0 saturated heterocycles. The summed E-state index contributed by atoms with van der Waals surface area (Å²) >= 11 is 0. The average Bonchev–Trinajstić information content (AvgIpc) is 2.68. The molecule has 2 rings (SSSR count). The number of sulfonamides is 1. The van der Waals surface area contributed by atoms with E-state index in [1.165, 1.54) is 24.8 Å². The number of ether oxygens (including phenoxy) is 1. The van der Waals surface area contributed by atoms with Gasteiger partial charge in [0, 0.05) is 25.3 Å². The van der Waals surface area contributed by atoms with Gasteiger partial charge < -0.3 is 10.1 Å². The van der Waals surface area contributed by atoms with Crippen molar-refractivity contribution in [1.29, 1.82) is 0 Å². The number of aryl methyl sites for hydroxylation is 1. The molecule has 0 aromatic heterocycles. The molecule has 164 valence electrons. The third kappa shape index (κ3) is 6.39. The molecule has 0 heterocycles. The smallest absolute Gasteiger partial charge is 0.251 e. The number of carbonyl (C=O) groups is 1. The summed E-state index contributed by atoms with van der Waals surface area (Å²) in [6.45, 7) is 8.49. The number of methoxy groups -OCH3 is 1. The van der Waals surface area contributed by atoms with Crippen LogP contribution in [0.15, 0.2) is 53.4 Å². The molecule has 0 aliphatic carbocycles. The third-order valence-corrected chi connectivity index (χ3v) is 6.57. The second-order valence-electron chi connectivity index (χ2n) is 8.20. The molecule has 1 unspecified atom stereocenters. The Labute approximate surface area is 180 Å². The molecular formula is C23H32N2O4S. The summed E-state index contributed by atoms with van der Waals surface area (Å²) in [7, 11) is -2.21. The molecule has 7 heteroatoms. The van der Waals surface area contributed by atoms with Crippen molar-refractivity contribution in [1.82, 2.24) is 10.0 Å². The largest absolute Gasteiger partial charge is 0.383 e. The van der Waals surface area contributed by atoms with Gasteiger partial charge in [0.15, 0.2) is 0 Å². The zero-order valence-corrected chi connectivity index (χ0v) is 19.2. The van der Waals surface area contributed by atoms with E-state index in [1.54, 1.807) is 13.0 Å². The SMILES string of the molecule is COCCNS(=O)(=O)c1ccc(C)c(C(=O)NC(C)CC(C)(C)c2ccccc2)c1. The molecule has 0 fully saturated rings. The van der Waals surface area contributed by atoms with E-state index in [0.29, 0.717) is 5.56 Å². The lowest BCUT2D eigenvalue weighted by Gasteiger charge is -2.29. The van der Waals surface area contributed by atoms with Crippen LogP contribution in [-0.2, 0) is 20.2 Å². The maximum absolute atomic E-state index is 12.9. The maximum atomic E-state index is 12.9. The zero-order chi connectivity index (χ0) is 22.4. The highest BCUT2D eigenvalue weighted by Gasteiger charge is 2.25. The predicted molar refractivity (Wildman–Crippen MR) is 119 cm³/mol. The Morgan fingerprint density at radius 3 is 2.43 bits per heavy atom. The van der Waals surface area contributed by atoms with E-state index in [0.717, 1.165) is 12.0 Å². The van der Waals surface area contributed by atoms with E-state index in [9.17, 15) is 13.2 Å². The monoisotopic (exact) mass is 432 g/mol. The predicted octanol–water partition coefficient (Wildman–Crippen LogP) is 3.41. The molecule has 1 amide bonds. The Balaban J connectivity index is 2.12. The summed E-state index contributed by atoms with van der Waals surface area (Å²) in [5.74, 6) is -0.280. The quantitative estimate of drug-likeness (QED) is 0.564. The summed E-state index contributed by atoms with van der Waals surface area (Å²) in [5.41, 5.74) is 2.17. The molecule has 0 saturated carbocycles. The van der Waals surface area contributed by atoms with Crippen LogP contribution in [0.25, 0.3) is 0 Å². The van der Waals surface area contributed by atoms with Gasteiger partial charge in [-0.15, -0.1) is 0 Å². The maximum Gasteiger partial charge on any atom is 0.251 e. The fourth-order valence-corrected chi connectivity index (χ4v) is 4.54. The van der Waals surface area contributed by atoms with Crippen LogP contribution in [0.3, 0.4) is 0 Å². The molecule has 30 heavy (non-hydrogen) atoms. The summed E-state index contributed by atoms with van der Waals surface area (Å²) < 4.78 is 32.3. The van der Waals surface area contributed by atoms with Gasteiger partial charge in [0.1, 0.15) is 0 Å². The number of carbonyl (C=O) groups excluding carboxylic acids is 1. The van der Waals surface area contributed by atoms with Crippen LogP contribution in [0.5, 0.6) is 0 Å². The summed E-state index contributed by atoms with van der Waals surface area (Å²) in [6, 6.07) is 14.7. The van der Waals surface area contributed by atoms with Gasteiger partial charge in [0.25, 0.3) is 5.91 Å². The van der Waals surface area contributed by atoms with Gasteiger partial charge in [-0.2, -0.15) is 0 Å². The normalized spacial score (nSPS) is 13.1. The average molecular weight is 433 g/mol. The van der Waals surface area contributed by atoms with Crippen LogP contribution in [0, 0.1) is 6.92 Å². The Bertz CT molecular complexity index is 956. The Morgan fingerprint density at radius 2 is 1.80 bits per heavy atom. The zero-order valence-electron chi connectivity index (χ0n) is 18.4. The van der Waals surface area contributed by atoms with Crippen molar-refractivity contribution in [3.63, 3.8) is 0 Å². The van der Waals surface area contributed by atoms with Crippen molar-refractivity contribution in [3.05, 3.63) is 65.2 Å². The molecule has 2 aromatic carbocycles. The van der Waals surface area contributed by atoms with Gasteiger partial charge in [0.05, 0.1) is 11.5 Å². The minimum atomic E-state index is -3.71. The molecular weight excluding hydrogens is 400 g/mol. The lowest BCUT2D eigenvalue weighted by atomic mass is 9.79. The molecule has 1 atom stereocenters. The van der Waals surface area contributed by atoms with E-state index >= 15 is 0 Å². The van der Waals surface area contributed by atoms with Crippen molar-refractivity contribution >= 4 is 15.9 Å². The second kappa shape index (κ2) is 10.2.